The van der Waals surface area contributed by atoms with Gasteiger partial charge >= 0.3 is 0 Å². The molecule has 11 heteroatoms. The number of hydrogen-bond donors (Lipinski definition) is 1. The zero-order valence-corrected chi connectivity index (χ0v) is 17.9. The summed E-state index contributed by atoms with van der Waals surface area (Å²) in [6, 6.07) is 6.80. The number of thioether (sulfide) groups is 1. The molecule has 2 aliphatic heterocycles. The number of nitrogens with one attached hydrogen (secondary N) is 1. The average molecular weight is 450 g/mol. The molecule has 152 valence electrons. The number of amidine groups is 1. The van der Waals surface area contributed by atoms with Crippen molar-refractivity contribution in [1.82, 2.24) is 15.1 Å². The highest BCUT2D eigenvalue weighted by Gasteiger charge is 2.35. The minimum atomic E-state index is -3.68. The number of sulfonamides is 1. The van der Waals surface area contributed by atoms with E-state index in [0.717, 1.165) is 22.9 Å². The van der Waals surface area contributed by atoms with Crippen LogP contribution in [-0.2, 0) is 14.8 Å². The van der Waals surface area contributed by atoms with E-state index in [4.69, 9.17) is 0 Å². The van der Waals surface area contributed by atoms with Crippen molar-refractivity contribution >= 4 is 50.0 Å². The summed E-state index contributed by atoms with van der Waals surface area (Å²) in [4.78, 5) is 14.9. The third-order valence-electron chi connectivity index (χ3n) is 4.67. The summed E-state index contributed by atoms with van der Waals surface area (Å²) in [5, 5.41) is 11.4. The predicted molar refractivity (Wildman–Crippen MR) is 114 cm³/mol. The van der Waals surface area contributed by atoms with Gasteiger partial charge in [0.15, 0.2) is 10.2 Å². The summed E-state index contributed by atoms with van der Waals surface area (Å²) < 4.78 is 29.4. The summed E-state index contributed by atoms with van der Waals surface area (Å²) in [6.07, 6.45) is 3.28. The van der Waals surface area contributed by atoms with Crippen molar-refractivity contribution < 1.29 is 13.2 Å². The molecule has 1 amide bonds. The van der Waals surface area contributed by atoms with Crippen LogP contribution in [0, 0.1) is 5.92 Å². The Morgan fingerprint density at radius 2 is 2.21 bits per heavy atom. The van der Waals surface area contributed by atoms with E-state index >= 15 is 0 Å². The Kier molecular flexibility index (Phi) is 5.70. The van der Waals surface area contributed by atoms with E-state index in [1.807, 2.05) is 4.90 Å². The molecule has 1 fully saturated rings. The summed E-state index contributed by atoms with van der Waals surface area (Å²) in [5.41, 5.74) is 0.599. The summed E-state index contributed by atoms with van der Waals surface area (Å²) in [6.45, 7) is 4.74. The van der Waals surface area contributed by atoms with Gasteiger partial charge in [-0.15, -0.1) is 21.2 Å². The number of aromatic nitrogens is 2. The number of carbonyl (C=O) groups is 1. The lowest BCUT2D eigenvalue weighted by Crippen LogP contribution is -2.43. The van der Waals surface area contributed by atoms with Crippen LogP contribution in [-0.4, -0.2) is 54.1 Å². The second-order valence-corrected chi connectivity index (χ2v) is 10.5. The minimum absolute atomic E-state index is 0.138. The van der Waals surface area contributed by atoms with Crippen molar-refractivity contribution in [1.29, 1.82) is 0 Å². The van der Waals surface area contributed by atoms with Crippen LogP contribution in [0.15, 0.2) is 50.6 Å². The fourth-order valence-corrected chi connectivity index (χ4v) is 6.10. The predicted octanol–water partition coefficient (Wildman–Crippen LogP) is 2.62. The third kappa shape index (κ3) is 4.21. The lowest BCUT2D eigenvalue weighted by Gasteiger charge is -2.33. The largest absolute Gasteiger partial charge is 0.355 e. The lowest BCUT2D eigenvalue weighted by molar-refractivity contribution is -0.121. The van der Waals surface area contributed by atoms with E-state index in [-0.39, 0.29) is 16.7 Å². The lowest BCUT2D eigenvalue weighted by atomic mass is 9.96. The molecule has 3 heterocycles. The maximum Gasteiger partial charge on any atom is 0.285 e. The Bertz CT molecular complexity index is 1080. The Labute approximate surface area is 177 Å². The monoisotopic (exact) mass is 449 g/mol. The third-order valence-corrected chi connectivity index (χ3v) is 7.96. The molecule has 1 N–H and O–H groups in total. The van der Waals surface area contributed by atoms with Crippen molar-refractivity contribution in [2.75, 3.05) is 24.2 Å². The van der Waals surface area contributed by atoms with Crippen LogP contribution in [0.4, 0.5) is 5.13 Å². The maximum absolute atomic E-state index is 12.7. The molecule has 4 rings (SSSR count). The van der Waals surface area contributed by atoms with E-state index in [9.17, 15) is 13.2 Å². The molecule has 8 nitrogen and oxygen atoms in total. The maximum atomic E-state index is 12.7. The second kappa shape index (κ2) is 8.25. The first kappa shape index (κ1) is 20.0. The Hall–Kier alpha value is -2.24. The molecule has 29 heavy (non-hydrogen) atoms. The molecule has 2 aliphatic rings. The highest BCUT2D eigenvalue weighted by Crippen LogP contribution is 2.30. The number of anilines is 1. The molecule has 0 spiro atoms. The Morgan fingerprint density at radius 1 is 1.38 bits per heavy atom. The number of likely N-dealkylation sites (tertiary alicyclic amines) is 1. The molecule has 0 radical (unpaired) electrons. The molecule has 1 saturated heterocycles. The van der Waals surface area contributed by atoms with Crippen LogP contribution in [0.1, 0.15) is 18.4 Å². The molecule has 1 atom stereocenters. The fraction of sp³-hybridized carbons (Fsp3) is 0.333. The van der Waals surface area contributed by atoms with Crippen molar-refractivity contribution in [2.24, 2.45) is 10.3 Å². The van der Waals surface area contributed by atoms with Gasteiger partial charge in [0.25, 0.3) is 10.0 Å². The van der Waals surface area contributed by atoms with E-state index in [0.29, 0.717) is 29.6 Å². The average Bonchev–Trinajstić information content (AvgIpc) is 3.28. The second-order valence-electron chi connectivity index (χ2n) is 6.63. The highest BCUT2D eigenvalue weighted by molar-refractivity contribution is 8.01. The number of piperidine rings is 1. The number of fused-ring (bicyclic) bond motifs is 1. The van der Waals surface area contributed by atoms with Gasteiger partial charge in [0.05, 0.1) is 5.92 Å². The number of hydrogen-bond acceptors (Lipinski definition) is 8. The first-order chi connectivity index (χ1) is 14.0. The minimum Gasteiger partial charge on any atom is -0.355 e. The van der Waals surface area contributed by atoms with Gasteiger partial charge in [-0.2, -0.15) is 8.42 Å². The number of benzene rings is 1. The number of carbonyl (C=O) groups excluding carboxylic acids is 1. The molecule has 1 aromatic carbocycles. The number of amides is 1. The van der Waals surface area contributed by atoms with Gasteiger partial charge < -0.3 is 10.2 Å². The van der Waals surface area contributed by atoms with Crippen molar-refractivity contribution in [2.45, 2.75) is 22.1 Å². The molecule has 1 unspecified atom stereocenters. The van der Waals surface area contributed by atoms with Crippen LogP contribution in [0.3, 0.4) is 0 Å². The number of nitrogens with zero attached hydrogens (tertiary/aromatic N) is 4. The zero-order chi connectivity index (χ0) is 20.4. The van der Waals surface area contributed by atoms with Gasteiger partial charge in [-0.1, -0.05) is 41.3 Å². The van der Waals surface area contributed by atoms with Crippen LogP contribution in [0.5, 0.6) is 0 Å². The van der Waals surface area contributed by atoms with Crippen LogP contribution >= 0.6 is 23.1 Å². The highest BCUT2D eigenvalue weighted by atomic mass is 32.2. The normalized spacial score (nSPS) is 20.1. The Morgan fingerprint density at radius 3 is 3.03 bits per heavy atom. The van der Waals surface area contributed by atoms with Gasteiger partial charge in [0.1, 0.15) is 4.90 Å². The van der Waals surface area contributed by atoms with Gasteiger partial charge in [0.2, 0.25) is 11.0 Å². The summed E-state index contributed by atoms with van der Waals surface area (Å²) >= 11 is 2.84. The van der Waals surface area contributed by atoms with Gasteiger partial charge in [0, 0.05) is 24.4 Å². The fourth-order valence-electron chi connectivity index (χ4n) is 3.36. The van der Waals surface area contributed by atoms with Crippen LogP contribution in [0.2, 0.25) is 0 Å². The van der Waals surface area contributed by atoms with E-state index in [1.54, 1.807) is 30.3 Å². The number of rotatable bonds is 5. The molecule has 0 bridgehead atoms. The van der Waals surface area contributed by atoms with E-state index in [2.05, 4.69) is 26.5 Å². The molecular weight excluding hydrogens is 430 g/mol. The molecule has 1 aromatic heterocycles. The molecule has 2 aromatic rings. The molecular formula is C18H19N5O3S3. The molecule has 0 aliphatic carbocycles. The van der Waals surface area contributed by atoms with Crippen molar-refractivity contribution in [3.05, 3.63) is 42.5 Å². The quantitative estimate of drug-likeness (QED) is 0.425. The van der Waals surface area contributed by atoms with Crippen molar-refractivity contribution in [3.63, 3.8) is 0 Å². The van der Waals surface area contributed by atoms with Gasteiger partial charge in [-0.25, -0.2) is 0 Å². The molecule has 0 saturated carbocycles. The summed E-state index contributed by atoms with van der Waals surface area (Å²) in [7, 11) is -3.68. The SMILES string of the molecule is C=CCSc1nnc(NC(=O)C2CCCN(C3=NS(=O)(=O)c4ccccc43)C2)s1. The first-order valence-corrected chi connectivity index (χ1v) is 12.3. The zero-order valence-electron chi connectivity index (χ0n) is 15.4. The topological polar surface area (TPSA) is 105 Å². The van der Waals surface area contributed by atoms with Gasteiger partial charge in [-0.3, -0.25) is 4.79 Å². The van der Waals surface area contributed by atoms with Crippen molar-refractivity contribution in [3.8, 4) is 0 Å². The van der Waals surface area contributed by atoms with Crippen LogP contribution in [0.25, 0.3) is 0 Å². The Balaban J connectivity index is 1.46. The van der Waals surface area contributed by atoms with Gasteiger partial charge in [-0.05, 0) is 25.0 Å². The first-order valence-electron chi connectivity index (χ1n) is 9.05. The van der Waals surface area contributed by atoms with E-state index < -0.39 is 10.0 Å². The standard InChI is InChI=1S/C18H19N5O3S3/c1-2-10-27-18-21-20-17(28-18)19-16(24)12-6-5-9-23(11-12)15-13-7-3-4-8-14(13)29(25,26)22-15/h2-4,7-8,12H,1,5-6,9-11H2,(H,19,20,24). The van der Waals surface area contributed by atoms with E-state index in [1.165, 1.54) is 23.1 Å². The summed E-state index contributed by atoms with van der Waals surface area (Å²) in [5.74, 6) is 0.736. The smallest absolute Gasteiger partial charge is 0.285 e. The van der Waals surface area contributed by atoms with Crippen LogP contribution < -0.4 is 5.32 Å².